The number of hydrogen-bond acceptors (Lipinski definition) is 3. The Balaban J connectivity index is 0.00000176. The molecular formula is C17H21Cl2N3. The smallest absolute Gasteiger partial charge is 0.0491 e. The molecular weight excluding hydrogens is 317 g/mol. The van der Waals surface area contributed by atoms with Crippen LogP contribution in [0.2, 0.25) is 5.02 Å². The SMILES string of the molecule is Cc1ccc(CN2CCNCC2c2ccccc2Cl)cn1.Cl. The Kier molecular flexibility index (Phi) is 6.21. The number of benzene rings is 1. The highest BCUT2D eigenvalue weighted by molar-refractivity contribution is 6.31. The van der Waals surface area contributed by atoms with E-state index in [2.05, 4.69) is 39.5 Å². The first kappa shape index (κ1) is 17.2. The fourth-order valence-corrected chi connectivity index (χ4v) is 3.08. The van der Waals surface area contributed by atoms with Crippen LogP contribution in [0.5, 0.6) is 0 Å². The minimum absolute atomic E-state index is 0. The van der Waals surface area contributed by atoms with Gasteiger partial charge >= 0.3 is 0 Å². The van der Waals surface area contributed by atoms with E-state index in [-0.39, 0.29) is 12.4 Å². The molecule has 1 saturated heterocycles. The van der Waals surface area contributed by atoms with E-state index in [0.717, 1.165) is 36.9 Å². The molecule has 0 amide bonds. The monoisotopic (exact) mass is 337 g/mol. The van der Waals surface area contributed by atoms with Crippen molar-refractivity contribution < 1.29 is 0 Å². The maximum Gasteiger partial charge on any atom is 0.0491 e. The van der Waals surface area contributed by atoms with E-state index in [1.807, 2.05) is 25.3 Å². The first-order chi connectivity index (χ1) is 10.2. The van der Waals surface area contributed by atoms with Crippen molar-refractivity contribution in [3.05, 3.63) is 64.4 Å². The zero-order chi connectivity index (χ0) is 14.7. The largest absolute Gasteiger partial charge is 0.314 e. The molecule has 0 saturated carbocycles. The highest BCUT2D eigenvalue weighted by Crippen LogP contribution is 2.29. The van der Waals surface area contributed by atoms with Crippen molar-refractivity contribution in [1.82, 2.24) is 15.2 Å². The molecule has 118 valence electrons. The highest BCUT2D eigenvalue weighted by Gasteiger charge is 2.25. The number of halogens is 2. The predicted molar refractivity (Wildman–Crippen MR) is 93.7 cm³/mol. The summed E-state index contributed by atoms with van der Waals surface area (Å²) >= 11 is 6.38. The van der Waals surface area contributed by atoms with Gasteiger partial charge in [0.25, 0.3) is 0 Å². The first-order valence-corrected chi connectivity index (χ1v) is 7.72. The molecule has 3 nitrogen and oxygen atoms in total. The predicted octanol–water partition coefficient (Wildman–Crippen LogP) is 3.61. The van der Waals surface area contributed by atoms with E-state index < -0.39 is 0 Å². The van der Waals surface area contributed by atoms with Crippen molar-refractivity contribution in [3.8, 4) is 0 Å². The number of piperazine rings is 1. The van der Waals surface area contributed by atoms with Gasteiger partial charge in [0.2, 0.25) is 0 Å². The third kappa shape index (κ3) is 3.99. The standard InChI is InChI=1S/C17H20ClN3.ClH/c1-13-6-7-14(10-20-13)12-21-9-8-19-11-17(21)15-4-2-3-5-16(15)18;/h2-7,10,17,19H,8-9,11-12H2,1H3;1H. The topological polar surface area (TPSA) is 28.2 Å². The van der Waals surface area contributed by atoms with Crippen molar-refractivity contribution in [3.63, 3.8) is 0 Å². The molecule has 1 unspecified atom stereocenters. The van der Waals surface area contributed by atoms with Crippen LogP contribution in [0.4, 0.5) is 0 Å². The van der Waals surface area contributed by atoms with Gasteiger partial charge < -0.3 is 5.32 Å². The van der Waals surface area contributed by atoms with Gasteiger partial charge in [-0.25, -0.2) is 0 Å². The summed E-state index contributed by atoms with van der Waals surface area (Å²) in [6.45, 7) is 5.89. The molecule has 1 aromatic carbocycles. The van der Waals surface area contributed by atoms with Crippen molar-refractivity contribution in [2.24, 2.45) is 0 Å². The summed E-state index contributed by atoms with van der Waals surface area (Å²) < 4.78 is 0. The first-order valence-electron chi connectivity index (χ1n) is 7.35. The third-order valence-electron chi connectivity index (χ3n) is 3.98. The van der Waals surface area contributed by atoms with Gasteiger partial charge in [0.1, 0.15) is 0 Å². The zero-order valence-electron chi connectivity index (χ0n) is 12.6. The quantitative estimate of drug-likeness (QED) is 0.927. The van der Waals surface area contributed by atoms with Crippen molar-refractivity contribution in [2.75, 3.05) is 19.6 Å². The molecule has 3 rings (SSSR count). The molecule has 0 aliphatic carbocycles. The van der Waals surface area contributed by atoms with E-state index in [4.69, 9.17) is 11.6 Å². The Labute approximate surface area is 143 Å². The lowest BCUT2D eigenvalue weighted by atomic mass is 10.0. The molecule has 22 heavy (non-hydrogen) atoms. The number of aromatic nitrogens is 1. The second kappa shape index (κ2) is 7.93. The molecule has 0 radical (unpaired) electrons. The average Bonchev–Trinajstić information content (AvgIpc) is 2.51. The molecule has 5 heteroatoms. The Morgan fingerprint density at radius 3 is 2.82 bits per heavy atom. The average molecular weight is 338 g/mol. The van der Waals surface area contributed by atoms with Crippen LogP contribution in [0.25, 0.3) is 0 Å². The molecule has 1 aliphatic heterocycles. The van der Waals surface area contributed by atoms with Gasteiger partial charge in [-0.05, 0) is 30.2 Å². The third-order valence-corrected chi connectivity index (χ3v) is 4.32. The van der Waals surface area contributed by atoms with Gasteiger partial charge in [-0.3, -0.25) is 9.88 Å². The molecule has 0 bridgehead atoms. The normalized spacial score (nSPS) is 18.7. The lowest BCUT2D eigenvalue weighted by Gasteiger charge is -2.37. The fraction of sp³-hybridized carbons (Fsp3) is 0.353. The number of nitrogens with zero attached hydrogens (tertiary/aromatic N) is 2. The van der Waals surface area contributed by atoms with Crippen LogP contribution in [0.3, 0.4) is 0 Å². The molecule has 0 spiro atoms. The Morgan fingerprint density at radius 1 is 1.27 bits per heavy atom. The number of hydrogen-bond donors (Lipinski definition) is 1. The van der Waals surface area contributed by atoms with Crippen LogP contribution >= 0.6 is 24.0 Å². The summed E-state index contributed by atoms with van der Waals surface area (Å²) in [4.78, 5) is 6.87. The van der Waals surface area contributed by atoms with Crippen molar-refractivity contribution in [2.45, 2.75) is 19.5 Å². The van der Waals surface area contributed by atoms with Gasteiger partial charge in [-0.1, -0.05) is 35.9 Å². The Morgan fingerprint density at radius 2 is 2.09 bits per heavy atom. The summed E-state index contributed by atoms with van der Waals surface area (Å²) in [5.74, 6) is 0. The Bertz CT molecular complexity index is 601. The highest BCUT2D eigenvalue weighted by atomic mass is 35.5. The lowest BCUT2D eigenvalue weighted by molar-refractivity contribution is 0.153. The van der Waals surface area contributed by atoms with Crippen LogP contribution in [-0.2, 0) is 6.54 Å². The van der Waals surface area contributed by atoms with Crippen LogP contribution in [0, 0.1) is 6.92 Å². The maximum atomic E-state index is 6.38. The number of rotatable bonds is 3. The molecule has 1 aromatic heterocycles. The zero-order valence-corrected chi connectivity index (χ0v) is 14.2. The molecule has 2 heterocycles. The number of aryl methyl sites for hydroxylation is 1. The molecule has 2 aromatic rings. The second-order valence-corrected chi connectivity index (χ2v) is 5.93. The van der Waals surface area contributed by atoms with Crippen LogP contribution in [0.15, 0.2) is 42.6 Å². The number of nitrogens with one attached hydrogen (secondary N) is 1. The van der Waals surface area contributed by atoms with E-state index in [1.54, 1.807) is 0 Å². The van der Waals surface area contributed by atoms with Gasteiger partial charge in [-0.2, -0.15) is 0 Å². The van der Waals surface area contributed by atoms with E-state index in [0.29, 0.717) is 6.04 Å². The number of pyridine rings is 1. The summed E-state index contributed by atoms with van der Waals surface area (Å²) in [5.41, 5.74) is 3.51. The minimum atomic E-state index is 0. The summed E-state index contributed by atoms with van der Waals surface area (Å²) in [6.07, 6.45) is 1.97. The van der Waals surface area contributed by atoms with E-state index >= 15 is 0 Å². The summed E-state index contributed by atoms with van der Waals surface area (Å²) in [5, 5.41) is 4.32. The second-order valence-electron chi connectivity index (χ2n) is 5.52. The molecule has 1 atom stereocenters. The van der Waals surface area contributed by atoms with Crippen molar-refractivity contribution in [1.29, 1.82) is 0 Å². The van der Waals surface area contributed by atoms with Crippen molar-refractivity contribution >= 4 is 24.0 Å². The minimum Gasteiger partial charge on any atom is -0.314 e. The van der Waals surface area contributed by atoms with Gasteiger partial charge in [0.15, 0.2) is 0 Å². The maximum absolute atomic E-state index is 6.38. The Hall–Kier alpha value is -1.13. The van der Waals surface area contributed by atoms with E-state index in [9.17, 15) is 0 Å². The van der Waals surface area contributed by atoms with Gasteiger partial charge in [0.05, 0.1) is 0 Å². The van der Waals surface area contributed by atoms with Gasteiger partial charge in [0, 0.05) is 49.1 Å². The van der Waals surface area contributed by atoms with Crippen LogP contribution in [0.1, 0.15) is 22.9 Å². The fourth-order valence-electron chi connectivity index (χ4n) is 2.81. The van der Waals surface area contributed by atoms with Crippen LogP contribution < -0.4 is 5.32 Å². The summed E-state index contributed by atoms with van der Waals surface area (Å²) in [7, 11) is 0. The van der Waals surface area contributed by atoms with Gasteiger partial charge in [-0.15, -0.1) is 12.4 Å². The van der Waals surface area contributed by atoms with E-state index in [1.165, 1.54) is 11.1 Å². The van der Waals surface area contributed by atoms with Crippen LogP contribution in [-0.4, -0.2) is 29.5 Å². The molecule has 1 aliphatic rings. The molecule has 1 fully saturated rings. The molecule has 1 N–H and O–H groups in total. The summed E-state index contributed by atoms with van der Waals surface area (Å²) in [6, 6.07) is 12.7. The lowest BCUT2D eigenvalue weighted by Crippen LogP contribution is -2.45.